The van der Waals surface area contributed by atoms with Crippen LogP contribution in [0.1, 0.15) is 0 Å². The van der Waals surface area contributed by atoms with E-state index in [0.29, 0.717) is 5.39 Å². The number of rotatable bonds is 1. The fourth-order valence-corrected chi connectivity index (χ4v) is 1.50. The molecule has 2 rings (SSSR count). The predicted molar refractivity (Wildman–Crippen MR) is 53.7 cm³/mol. The quantitative estimate of drug-likeness (QED) is 0.680. The number of benzene rings is 2. The highest BCUT2D eigenvalue weighted by Crippen LogP contribution is 2.19. The molecule has 2 N–H and O–H groups in total. The van der Waals surface area contributed by atoms with E-state index < -0.39 is 18.8 Å². The van der Waals surface area contributed by atoms with Crippen molar-refractivity contribution < 1.29 is 18.8 Å². The molecule has 0 bridgehead atoms. The molecule has 76 valence electrons. The van der Waals surface area contributed by atoms with Gasteiger partial charge in [-0.15, -0.1) is 0 Å². The van der Waals surface area contributed by atoms with Crippen LogP contribution in [0.4, 0.5) is 8.78 Å². The summed E-state index contributed by atoms with van der Waals surface area (Å²) in [5, 5.41) is 17.9. The zero-order chi connectivity index (χ0) is 11.0. The molecule has 0 spiro atoms. The van der Waals surface area contributed by atoms with E-state index in [1.165, 1.54) is 18.2 Å². The summed E-state index contributed by atoms with van der Waals surface area (Å²) in [7, 11) is -1.76. The first-order valence-corrected chi connectivity index (χ1v) is 4.33. The number of fused-ring (bicyclic) bond motifs is 1. The largest absolute Gasteiger partial charge is 0.488 e. The first-order valence-electron chi connectivity index (χ1n) is 4.33. The van der Waals surface area contributed by atoms with Gasteiger partial charge in [0.05, 0.1) is 5.39 Å². The summed E-state index contributed by atoms with van der Waals surface area (Å²) in [4.78, 5) is 0. The van der Waals surface area contributed by atoms with Crippen molar-refractivity contribution in [3.63, 3.8) is 0 Å². The second-order valence-electron chi connectivity index (χ2n) is 3.21. The van der Waals surface area contributed by atoms with E-state index in [2.05, 4.69) is 0 Å². The van der Waals surface area contributed by atoms with E-state index in [1.54, 1.807) is 0 Å². The van der Waals surface area contributed by atoms with E-state index in [9.17, 15) is 8.78 Å². The standard InChI is InChI=1S/C10H7BF2O2/c12-8-3-1-2-6-4-7(11(14)15)5-9(13)10(6)8/h1-5,14-15H. The first-order chi connectivity index (χ1) is 7.09. The third-order valence-corrected chi connectivity index (χ3v) is 2.20. The van der Waals surface area contributed by atoms with Crippen molar-refractivity contribution in [1.29, 1.82) is 0 Å². The zero-order valence-corrected chi connectivity index (χ0v) is 7.61. The van der Waals surface area contributed by atoms with Crippen LogP contribution in [0.5, 0.6) is 0 Å². The van der Waals surface area contributed by atoms with Gasteiger partial charge in [0, 0.05) is 0 Å². The van der Waals surface area contributed by atoms with Crippen LogP contribution in [0, 0.1) is 11.6 Å². The van der Waals surface area contributed by atoms with E-state index >= 15 is 0 Å². The third kappa shape index (κ3) is 1.71. The molecule has 0 radical (unpaired) electrons. The van der Waals surface area contributed by atoms with Gasteiger partial charge in [-0.3, -0.25) is 0 Å². The summed E-state index contributed by atoms with van der Waals surface area (Å²) in [5.74, 6) is -1.46. The number of halogens is 2. The summed E-state index contributed by atoms with van der Waals surface area (Å²) in [6.07, 6.45) is 0. The molecule has 2 nitrogen and oxygen atoms in total. The molecule has 0 amide bonds. The van der Waals surface area contributed by atoms with Gasteiger partial charge in [-0.1, -0.05) is 18.2 Å². The summed E-state index contributed by atoms with van der Waals surface area (Å²) < 4.78 is 26.6. The second-order valence-corrected chi connectivity index (χ2v) is 3.21. The zero-order valence-electron chi connectivity index (χ0n) is 7.61. The Kier molecular flexibility index (Phi) is 2.42. The van der Waals surface area contributed by atoms with Crippen LogP contribution in [0.2, 0.25) is 0 Å². The molecule has 0 saturated heterocycles. The van der Waals surface area contributed by atoms with Gasteiger partial charge >= 0.3 is 7.12 Å². The molecule has 0 aromatic heterocycles. The summed E-state index contributed by atoms with van der Waals surface area (Å²) >= 11 is 0. The molecule has 0 aliphatic rings. The molecule has 0 aliphatic carbocycles. The minimum Gasteiger partial charge on any atom is -0.423 e. The molecule has 15 heavy (non-hydrogen) atoms. The van der Waals surface area contributed by atoms with Crippen LogP contribution in [-0.4, -0.2) is 17.2 Å². The maximum absolute atomic E-state index is 13.4. The molecule has 0 aliphatic heterocycles. The van der Waals surface area contributed by atoms with Crippen molar-refractivity contribution in [2.24, 2.45) is 0 Å². The van der Waals surface area contributed by atoms with Crippen molar-refractivity contribution >= 4 is 23.4 Å². The summed E-state index contributed by atoms with van der Waals surface area (Å²) in [5.41, 5.74) is 0.00519. The fourth-order valence-electron chi connectivity index (χ4n) is 1.50. The lowest BCUT2D eigenvalue weighted by Crippen LogP contribution is -2.30. The van der Waals surface area contributed by atoms with Crippen LogP contribution >= 0.6 is 0 Å². The average molecular weight is 208 g/mol. The molecule has 0 heterocycles. The SMILES string of the molecule is OB(O)c1cc(F)c2c(F)cccc2c1. The van der Waals surface area contributed by atoms with Crippen molar-refractivity contribution in [2.45, 2.75) is 0 Å². The van der Waals surface area contributed by atoms with E-state index in [1.807, 2.05) is 0 Å². The summed E-state index contributed by atoms with van der Waals surface area (Å²) in [6.45, 7) is 0. The monoisotopic (exact) mass is 208 g/mol. The Labute approximate surface area is 84.9 Å². The van der Waals surface area contributed by atoms with Gasteiger partial charge in [-0.05, 0) is 23.0 Å². The lowest BCUT2D eigenvalue weighted by Gasteiger charge is -2.04. The number of hydrogen-bond acceptors (Lipinski definition) is 2. The Hall–Kier alpha value is -1.46. The predicted octanol–water partition coefficient (Wildman–Crippen LogP) is 0.798. The Balaban J connectivity index is 2.78. The lowest BCUT2D eigenvalue weighted by atomic mass is 9.79. The highest BCUT2D eigenvalue weighted by atomic mass is 19.1. The van der Waals surface area contributed by atoms with Gasteiger partial charge in [-0.25, -0.2) is 8.78 Å². The maximum atomic E-state index is 13.4. The molecule has 0 unspecified atom stereocenters. The maximum Gasteiger partial charge on any atom is 0.488 e. The molecule has 0 fully saturated rings. The van der Waals surface area contributed by atoms with Gasteiger partial charge in [0.2, 0.25) is 0 Å². The summed E-state index contributed by atoms with van der Waals surface area (Å²) in [6, 6.07) is 6.35. The first kappa shape index (κ1) is 10.1. The van der Waals surface area contributed by atoms with E-state index in [4.69, 9.17) is 10.0 Å². The Morgan fingerprint density at radius 2 is 1.73 bits per heavy atom. The topological polar surface area (TPSA) is 40.5 Å². The van der Waals surface area contributed by atoms with Crippen LogP contribution in [-0.2, 0) is 0 Å². The molecule has 2 aromatic rings. The second kappa shape index (κ2) is 3.60. The smallest absolute Gasteiger partial charge is 0.423 e. The third-order valence-electron chi connectivity index (χ3n) is 2.20. The highest BCUT2D eigenvalue weighted by Gasteiger charge is 2.15. The van der Waals surface area contributed by atoms with Crippen LogP contribution in [0.15, 0.2) is 30.3 Å². The fraction of sp³-hybridized carbons (Fsp3) is 0. The molecule has 0 saturated carbocycles. The van der Waals surface area contributed by atoms with Crippen molar-refractivity contribution in [3.05, 3.63) is 42.0 Å². The van der Waals surface area contributed by atoms with Crippen LogP contribution < -0.4 is 5.46 Å². The molecular weight excluding hydrogens is 201 g/mol. The van der Waals surface area contributed by atoms with Gasteiger partial charge in [0.15, 0.2) is 0 Å². The molecular formula is C10H7BF2O2. The Morgan fingerprint density at radius 3 is 2.40 bits per heavy atom. The molecule has 0 atom stereocenters. The number of hydrogen-bond donors (Lipinski definition) is 2. The van der Waals surface area contributed by atoms with E-state index in [0.717, 1.165) is 12.1 Å². The lowest BCUT2D eigenvalue weighted by molar-refractivity contribution is 0.425. The molecule has 2 aromatic carbocycles. The van der Waals surface area contributed by atoms with Gasteiger partial charge in [0.25, 0.3) is 0 Å². The van der Waals surface area contributed by atoms with Gasteiger partial charge < -0.3 is 10.0 Å². The van der Waals surface area contributed by atoms with Crippen LogP contribution in [0.3, 0.4) is 0 Å². The highest BCUT2D eigenvalue weighted by molar-refractivity contribution is 6.58. The Morgan fingerprint density at radius 1 is 1.00 bits per heavy atom. The van der Waals surface area contributed by atoms with Crippen LogP contribution in [0.25, 0.3) is 10.8 Å². The van der Waals surface area contributed by atoms with E-state index in [-0.39, 0.29) is 10.8 Å². The Bertz CT molecular complexity index is 514. The van der Waals surface area contributed by atoms with Gasteiger partial charge in [-0.2, -0.15) is 0 Å². The van der Waals surface area contributed by atoms with Crippen molar-refractivity contribution in [3.8, 4) is 0 Å². The minimum absolute atomic E-state index is 0.00519. The average Bonchev–Trinajstić information content (AvgIpc) is 2.17. The molecule has 5 heteroatoms. The van der Waals surface area contributed by atoms with Crippen molar-refractivity contribution in [2.75, 3.05) is 0 Å². The minimum atomic E-state index is -1.76. The normalized spacial score (nSPS) is 10.7. The van der Waals surface area contributed by atoms with Gasteiger partial charge in [0.1, 0.15) is 11.6 Å². The van der Waals surface area contributed by atoms with Crippen molar-refractivity contribution in [1.82, 2.24) is 0 Å².